The number of carboxylic acids is 2. The second-order valence-electron chi connectivity index (χ2n) is 3.86. The lowest BCUT2D eigenvalue weighted by Crippen LogP contribution is -2.25. The van der Waals surface area contributed by atoms with Gasteiger partial charge in [-0.1, -0.05) is 0 Å². The van der Waals surface area contributed by atoms with E-state index in [0.717, 1.165) is 19.2 Å². The molecule has 0 bridgehead atoms. The van der Waals surface area contributed by atoms with Gasteiger partial charge in [-0.15, -0.1) is 0 Å². The number of nitro benzene ring substituents is 1. The molecule has 9 nitrogen and oxygen atoms in total. The average molecular weight is 285 g/mol. The number of carboxylic acid groups (broad SMARTS) is 2. The highest BCUT2D eigenvalue weighted by atomic mass is 16.6. The molecule has 0 aromatic heterocycles. The number of methoxy groups -OCH3 is 1. The Kier molecular flexibility index (Phi) is 4.46. The molecule has 0 saturated heterocycles. The summed E-state index contributed by atoms with van der Waals surface area (Å²) in [5.41, 5.74) is -0.630. The van der Waals surface area contributed by atoms with Crippen LogP contribution < -0.4 is 4.74 Å². The third kappa shape index (κ3) is 3.13. The molecule has 0 unspecified atom stereocenters. The van der Waals surface area contributed by atoms with E-state index in [9.17, 15) is 24.8 Å². The van der Waals surface area contributed by atoms with Crippen LogP contribution in [0.4, 0.5) is 5.69 Å². The van der Waals surface area contributed by atoms with E-state index in [4.69, 9.17) is 14.9 Å². The summed E-state index contributed by atoms with van der Waals surface area (Å²) in [6.45, 7) is 0. The van der Waals surface area contributed by atoms with Gasteiger partial charge >= 0.3 is 17.6 Å². The van der Waals surface area contributed by atoms with E-state index in [2.05, 4.69) is 0 Å². The van der Waals surface area contributed by atoms with Crippen molar-refractivity contribution < 1.29 is 34.6 Å². The predicted molar refractivity (Wildman–Crippen MR) is 63.8 cm³/mol. The minimum absolute atomic E-state index is 0.0566. The molecule has 0 fully saturated rings. The highest BCUT2D eigenvalue weighted by Crippen LogP contribution is 2.37. The van der Waals surface area contributed by atoms with Crippen molar-refractivity contribution in [3.8, 4) is 11.5 Å². The van der Waals surface area contributed by atoms with E-state index in [1.165, 1.54) is 0 Å². The SMILES string of the molecule is COc1cc(CC(C(=O)O)C(=O)O)cc([N+](=O)[O-])c1O. The number of phenols is 1. The van der Waals surface area contributed by atoms with Gasteiger partial charge in [-0.05, 0) is 18.1 Å². The summed E-state index contributed by atoms with van der Waals surface area (Å²) >= 11 is 0. The van der Waals surface area contributed by atoms with E-state index in [0.29, 0.717) is 0 Å². The number of nitro groups is 1. The quantitative estimate of drug-likeness (QED) is 0.391. The van der Waals surface area contributed by atoms with E-state index >= 15 is 0 Å². The number of nitrogens with zero attached hydrogens (tertiary/aromatic N) is 1. The molecule has 0 spiro atoms. The fourth-order valence-corrected chi connectivity index (χ4v) is 1.58. The van der Waals surface area contributed by atoms with Gasteiger partial charge < -0.3 is 20.1 Å². The topological polar surface area (TPSA) is 147 Å². The number of phenolic OH excluding ortho intramolecular Hbond substituents is 1. The smallest absolute Gasteiger partial charge is 0.318 e. The van der Waals surface area contributed by atoms with Crippen LogP contribution in [-0.4, -0.2) is 39.3 Å². The van der Waals surface area contributed by atoms with Gasteiger partial charge in [0.1, 0.15) is 0 Å². The van der Waals surface area contributed by atoms with E-state index in [1.54, 1.807) is 0 Å². The molecule has 0 atom stereocenters. The number of benzene rings is 1. The Morgan fingerprint density at radius 3 is 2.30 bits per heavy atom. The fourth-order valence-electron chi connectivity index (χ4n) is 1.58. The molecule has 0 aliphatic heterocycles. The largest absolute Gasteiger partial charge is 0.500 e. The Balaban J connectivity index is 3.25. The van der Waals surface area contributed by atoms with Crippen molar-refractivity contribution in [2.45, 2.75) is 6.42 Å². The summed E-state index contributed by atoms with van der Waals surface area (Å²) < 4.78 is 4.73. The minimum Gasteiger partial charge on any atom is -0.500 e. The first kappa shape index (κ1) is 15.2. The van der Waals surface area contributed by atoms with Crippen LogP contribution in [0.1, 0.15) is 5.56 Å². The molecule has 0 heterocycles. The second kappa shape index (κ2) is 5.87. The zero-order valence-electron chi connectivity index (χ0n) is 10.3. The Labute approximate surface area is 112 Å². The predicted octanol–water partition coefficient (Wildman–Crippen LogP) is 0.637. The Hall–Kier alpha value is -2.84. The number of ether oxygens (including phenoxy) is 1. The lowest BCUT2D eigenvalue weighted by Gasteiger charge is -2.10. The van der Waals surface area contributed by atoms with E-state index in [1.807, 2.05) is 0 Å². The molecule has 0 aliphatic rings. The van der Waals surface area contributed by atoms with Crippen molar-refractivity contribution in [1.82, 2.24) is 0 Å². The number of hydrogen-bond acceptors (Lipinski definition) is 6. The van der Waals surface area contributed by atoms with Gasteiger partial charge in [0.2, 0.25) is 5.75 Å². The van der Waals surface area contributed by atoms with Crippen molar-refractivity contribution in [1.29, 1.82) is 0 Å². The van der Waals surface area contributed by atoms with Crippen molar-refractivity contribution in [3.63, 3.8) is 0 Å². The van der Waals surface area contributed by atoms with Crippen molar-refractivity contribution in [3.05, 3.63) is 27.8 Å². The molecule has 3 N–H and O–H groups in total. The maximum Gasteiger partial charge on any atom is 0.318 e. The van der Waals surface area contributed by atoms with Crippen molar-refractivity contribution in [2.75, 3.05) is 7.11 Å². The van der Waals surface area contributed by atoms with Gasteiger partial charge in [0.25, 0.3) is 0 Å². The zero-order chi connectivity index (χ0) is 15.4. The first-order valence-electron chi connectivity index (χ1n) is 5.27. The van der Waals surface area contributed by atoms with Crippen LogP contribution in [0.2, 0.25) is 0 Å². The summed E-state index contributed by atoms with van der Waals surface area (Å²) in [4.78, 5) is 31.5. The number of rotatable bonds is 6. The highest BCUT2D eigenvalue weighted by molar-refractivity contribution is 5.93. The van der Waals surface area contributed by atoms with Crippen LogP contribution in [0.3, 0.4) is 0 Å². The Morgan fingerprint density at radius 2 is 1.90 bits per heavy atom. The second-order valence-corrected chi connectivity index (χ2v) is 3.86. The van der Waals surface area contributed by atoms with Gasteiger partial charge in [0, 0.05) is 6.07 Å². The summed E-state index contributed by atoms with van der Waals surface area (Å²) in [6, 6.07) is 2.07. The highest BCUT2D eigenvalue weighted by Gasteiger charge is 2.28. The third-order valence-electron chi connectivity index (χ3n) is 2.57. The van der Waals surface area contributed by atoms with E-state index < -0.39 is 40.6 Å². The maximum absolute atomic E-state index is 10.8. The van der Waals surface area contributed by atoms with E-state index in [-0.39, 0.29) is 11.3 Å². The average Bonchev–Trinajstić information content (AvgIpc) is 2.35. The molecule has 0 amide bonds. The lowest BCUT2D eigenvalue weighted by atomic mass is 9.98. The number of carbonyl (C=O) groups is 2. The van der Waals surface area contributed by atoms with Crippen LogP contribution in [0.15, 0.2) is 12.1 Å². The summed E-state index contributed by atoms with van der Waals surface area (Å²) in [6.07, 6.45) is -0.470. The first-order chi connectivity index (χ1) is 9.27. The molecule has 0 saturated carbocycles. The van der Waals surface area contributed by atoms with Gasteiger partial charge in [-0.2, -0.15) is 0 Å². The summed E-state index contributed by atoms with van der Waals surface area (Å²) in [5.74, 6) is -5.81. The van der Waals surface area contributed by atoms with Gasteiger partial charge in [0.15, 0.2) is 11.7 Å². The molecule has 20 heavy (non-hydrogen) atoms. The summed E-state index contributed by atoms with van der Waals surface area (Å²) in [5, 5.41) is 37.8. The molecule has 1 rings (SSSR count). The standard InChI is InChI=1S/C11H11NO8/c1-20-8-4-5(2-6(10(14)15)11(16)17)3-7(9(8)13)12(18)19/h3-4,6,13H,2H2,1H3,(H,14,15)(H,16,17). The molecule has 1 aromatic rings. The number of aliphatic carboxylic acids is 2. The van der Waals surface area contributed by atoms with Crippen LogP contribution in [0.25, 0.3) is 0 Å². The van der Waals surface area contributed by atoms with Crippen molar-refractivity contribution >= 4 is 17.6 Å². The van der Waals surface area contributed by atoms with Crippen LogP contribution >= 0.6 is 0 Å². The molecule has 0 radical (unpaired) electrons. The van der Waals surface area contributed by atoms with Gasteiger partial charge in [-0.25, -0.2) is 0 Å². The van der Waals surface area contributed by atoms with Crippen LogP contribution in [0, 0.1) is 16.0 Å². The zero-order valence-corrected chi connectivity index (χ0v) is 10.3. The minimum atomic E-state index is -1.75. The Bertz CT molecular complexity index is 554. The van der Waals surface area contributed by atoms with Crippen LogP contribution in [-0.2, 0) is 16.0 Å². The third-order valence-corrected chi connectivity index (χ3v) is 2.57. The Morgan fingerprint density at radius 1 is 1.35 bits per heavy atom. The molecule has 0 aliphatic carbocycles. The summed E-state index contributed by atoms with van der Waals surface area (Å²) in [7, 11) is 1.16. The van der Waals surface area contributed by atoms with Crippen LogP contribution in [0.5, 0.6) is 11.5 Å². The van der Waals surface area contributed by atoms with Gasteiger partial charge in [-0.3, -0.25) is 19.7 Å². The fraction of sp³-hybridized carbons (Fsp3) is 0.273. The molecule has 1 aromatic carbocycles. The molecular formula is C11H11NO8. The van der Waals surface area contributed by atoms with Crippen molar-refractivity contribution in [2.24, 2.45) is 5.92 Å². The maximum atomic E-state index is 10.8. The molecule has 9 heteroatoms. The first-order valence-corrected chi connectivity index (χ1v) is 5.27. The normalized spacial score (nSPS) is 10.3. The lowest BCUT2D eigenvalue weighted by molar-refractivity contribution is -0.386. The number of hydrogen-bond donors (Lipinski definition) is 3. The molecule has 108 valence electrons. The van der Waals surface area contributed by atoms with Gasteiger partial charge in [0.05, 0.1) is 12.0 Å². The molecular weight excluding hydrogens is 274 g/mol. The number of aromatic hydroxyl groups is 1. The monoisotopic (exact) mass is 285 g/mol.